The number of benzene rings is 1. The molecular formula is C22H28INO5S. The summed E-state index contributed by atoms with van der Waals surface area (Å²) in [4.78, 5) is 4.53. The third-order valence-corrected chi connectivity index (χ3v) is 6.83. The third kappa shape index (κ3) is 5.06. The summed E-state index contributed by atoms with van der Waals surface area (Å²) in [6, 6.07) is 10.1. The first-order chi connectivity index (χ1) is 14.3. The Morgan fingerprint density at radius 3 is 2.40 bits per heavy atom. The van der Waals surface area contributed by atoms with Crippen LogP contribution in [0.5, 0.6) is 0 Å². The molecule has 2 saturated heterocycles. The quantitative estimate of drug-likeness (QED) is 0.366. The Balaban J connectivity index is 1.62. The molecule has 2 fully saturated rings. The lowest BCUT2D eigenvalue weighted by Crippen LogP contribution is -2.45. The maximum absolute atomic E-state index is 6.41. The number of rotatable bonds is 7. The third-order valence-electron chi connectivity index (χ3n) is 5.13. The van der Waals surface area contributed by atoms with Crippen molar-refractivity contribution in [3.05, 3.63) is 52.5 Å². The zero-order valence-corrected chi connectivity index (χ0v) is 20.6. The zero-order chi connectivity index (χ0) is 21.4. The standard InChI is InChI=1S/C22H28INO5S/c1-21(2)26-15(12-23)16(27-21)17-18(29-22(3,4)28-17)19(20-24-10-11-30-20)25-13-14-8-6-5-7-9-14/h5-11,15-19H,12-13H2,1-4H3/t15-,16-,17+,18-,19-/m0/s1. The molecule has 5 atom stereocenters. The van der Waals surface area contributed by atoms with E-state index in [1.165, 1.54) is 0 Å². The van der Waals surface area contributed by atoms with Gasteiger partial charge < -0.3 is 23.7 Å². The Hall–Kier alpha value is -0.620. The molecule has 1 aromatic heterocycles. The Morgan fingerprint density at radius 2 is 1.73 bits per heavy atom. The highest BCUT2D eigenvalue weighted by Gasteiger charge is 2.56. The van der Waals surface area contributed by atoms with Gasteiger partial charge in [0.15, 0.2) is 11.6 Å². The second-order valence-corrected chi connectivity index (χ2v) is 10.3. The van der Waals surface area contributed by atoms with E-state index in [4.69, 9.17) is 23.7 Å². The minimum Gasteiger partial charge on any atom is -0.363 e. The fraction of sp³-hybridized carbons (Fsp3) is 0.591. The maximum atomic E-state index is 6.41. The molecule has 0 amide bonds. The lowest BCUT2D eigenvalue weighted by molar-refractivity contribution is -0.176. The number of thiazole rings is 1. The molecule has 30 heavy (non-hydrogen) atoms. The van der Waals surface area contributed by atoms with Crippen LogP contribution in [0.2, 0.25) is 0 Å². The molecule has 2 aromatic rings. The van der Waals surface area contributed by atoms with E-state index in [1.54, 1.807) is 17.5 Å². The summed E-state index contributed by atoms with van der Waals surface area (Å²) < 4.78 is 32.4. The fourth-order valence-electron chi connectivity index (χ4n) is 4.01. The highest BCUT2D eigenvalue weighted by atomic mass is 127. The van der Waals surface area contributed by atoms with Crippen molar-refractivity contribution in [1.29, 1.82) is 0 Å². The summed E-state index contributed by atoms with van der Waals surface area (Å²) >= 11 is 3.89. The van der Waals surface area contributed by atoms with Gasteiger partial charge in [-0.3, -0.25) is 0 Å². The van der Waals surface area contributed by atoms with Gasteiger partial charge in [0.05, 0.1) is 12.7 Å². The summed E-state index contributed by atoms with van der Waals surface area (Å²) in [5, 5.41) is 2.82. The van der Waals surface area contributed by atoms with Crippen LogP contribution >= 0.6 is 33.9 Å². The normalized spacial score (nSPS) is 31.1. The molecule has 0 radical (unpaired) electrons. The average molecular weight is 545 g/mol. The highest BCUT2D eigenvalue weighted by molar-refractivity contribution is 14.1. The van der Waals surface area contributed by atoms with Crippen molar-refractivity contribution in [1.82, 2.24) is 4.98 Å². The molecule has 2 aliphatic rings. The molecular weight excluding hydrogens is 517 g/mol. The van der Waals surface area contributed by atoms with Gasteiger partial charge in [-0.2, -0.15) is 0 Å². The van der Waals surface area contributed by atoms with Gasteiger partial charge in [-0.1, -0.05) is 52.9 Å². The number of aromatic nitrogens is 1. The van der Waals surface area contributed by atoms with Gasteiger partial charge in [-0.25, -0.2) is 4.98 Å². The second kappa shape index (κ2) is 9.09. The lowest BCUT2D eigenvalue weighted by Gasteiger charge is -2.29. The number of halogens is 1. The predicted octanol–water partition coefficient (Wildman–Crippen LogP) is 4.88. The zero-order valence-electron chi connectivity index (χ0n) is 17.6. The predicted molar refractivity (Wildman–Crippen MR) is 123 cm³/mol. The van der Waals surface area contributed by atoms with Crippen molar-refractivity contribution in [3.63, 3.8) is 0 Å². The van der Waals surface area contributed by atoms with E-state index >= 15 is 0 Å². The number of nitrogens with zero attached hydrogens (tertiary/aromatic N) is 1. The molecule has 8 heteroatoms. The fourth-order valence-corrected chi connectivity index (χ4v) is 5.41. The van der Waals surface area contributed by atoms with Gasteiger partial charge in [0, 0.05) is 16.0 Å². The largest absolute Gasteiger partial charge is 0.363 e. The van der Waals surface area contributed by atoms with Crippen LogP contribution < -0.4 is 0 Å². The molecule has 0 N–H and O–H groups in total. The molecule has 0 aliphatic carbocycles. The van der Waals surface area contributed by atoms with E-state index in [0.717, 1.165) is 15.0 Å². The number of alkyl halides is 1. The van der Waals surface area contributed by atoms with E-state index in [1.807, 2.05) is 51.3 Å². The van der Waals surface area contributed by atoms with Crippen molar-refractivity contribution in [3.8, 4) is 0 Å². The van der Waals surface area contributed by atoms with Gasteiger partial charge in [0.2, 0.25) is 0 Å². The van der Waals surface area contributed by atoms with Crippen molar-refractivity contribution in [2.45, 2.75) is 76.4 Å². The van der Waals surface area contributed by atoms with Gasteiger partial charge in [-0.05, 0) is 33.3 Å². The summed E-state index contributed by atoms with van der Waals surface area (Å²) in [7, 11) is 0. The van der Waals surface area contributed by atoms with E-state index in [0.29, 0.717) is 6.61 Å². The lowest BCUT2D eigenvalue weighted by atomic mass is 10.00. The average Bonchev–Trinajstić information content (AvgIpc) is 3.40. The molecule has 3 heterocycles. The van der Waals surface area contributed by atoms with Crippen molar-refractivity contribution in [2.75, 3.05) is 4.43 Å². The van der Waals surface area contributed by atoms with E-state index in [-0.39, 0.29) is 30.5 Å². The van der Waals surface area contributed by atoms with Gasteiger partial charge in [0.1, 0.15) is 29.4 Å². The smallest absolute Gasteiger partial charge is 0.164 e. The minimum absolute atomic E-state index is 0.0864. The van der Waals surface area contributed by atoms with Crippen molar-refractivity contribution >= 4 is 33.9 Å². The molecule has 2 aliphatic heterocycles. The molecule has 0 unspecified atom stereocenters. The van der Waals surface area contributed by atoms with Crippen molar-refractivity contribution in [2.24, 2.45) is 0 Å². The van der Waals surface area contributed by atoms with Crippen LogP contribution in [0.4, 0.5) is 0 Å². The topological polar surface area (TPSA) is 59.0 Å². The van der Waals surface area contributed by atoms with Crippen LogP contribution in [0.25, 0.3) is 0 Å². The Labute approximate surface area is 195 Å². The van der Waals surface area contributed by atoms with E-state index < -0.39 is 11.6 Å². The van der Waals surface area contributed by atoms with Crippen LogP contribution in [0.15, 0.2) is 41.9 Å². The number of hydrogen-bond donors (Lipinski definition) is 0. The summed E-state index contributed by atoms with van der Waals surface area (Å²) in [6.07, 6.45) is 0.358. The number of ether oxygens (including phenoxy) is 5. The van der Waals surface area contributed by atoms with Crippen LogP contribution in [0.3, 0.4) is 0 Å². The molecule has 4 rings (SSSR count). The number of hydrogen-bond acceptors (Lipinski definition) is 7. The monoisotopic (exact) mass is 545 g/mol. The first-order valence-electron chi connectivity index (χ1n) is 10.1. The van der Waals surface area contributed by atoms with Crippen LogP contribution in [-0.4, -0.2) is 45.4 Å². The molecule has 164 valence electrons. The SMILES string of the molecule is CC1(C)O[C@H]([C@H]2OC(C)(C)O[C@H]2CI)[C@@H]([C@H](OCc2ccccc2)c2nccs2)O1. The Morgan fingerprint density at radius 1 is 1.03 bits per heavy atom. The Bertz CT molecular complexity index is 816. The summed E-state index contributed by atoms with van der Waals surface area (Å²) in [5.41, 5.74) is 1.10. The van der Waals surface area contributed by atoms with Crippen molar-refractivity contribution < 1.29 is 23.7 Å². The summed E-state index contributed by atoms with van der Waals surface area (Å²) in [5.74, 6) is -1.42. The molecule has 1 aromatic carbocycles. The van der Waals surface area contributed by atoms with Crippen LogP contribution in [0.1, 0.15) is 44.4 Å². The first kappa shape index (κ1) is 22.6. The molecule has 0 spiro atoms. The minimum atomic E-state index is -0.757. The van der Waals surface area contributed by atoms with E-state index in [9.17, 15) is 0 Å². The summed E-state index contributed by atoms with van der Waals surface area (Å²) in [6.45, 7) is 8.19. The van der Waals surface area contributed by atoms with Gasteiger partial charge >= 0.3 is 0 Å². The molecule has 0 saturated carbocycles. The second-order valence-electron chi connectivity index (χ2n) is 8.45. The first-order valence-corrected chi connectivity index (χ1v) is 12.5. The Kier molecular flexibility index (Phi) is 6.84. The van der Waals surface area contributed by atoms with Crippen LogP contribution in [-0.2, 0) is 30.3 Å². The molecule has 0 bridgehead atoms. The van der Waals surface area contributed by atoms with Gasteiger partial charge in [-0.15, -0.1) is 11.3 Å². The maximum Gasteiger partial charge on any atom is 0.164 e. The van der Waals surface area contributed by atoms with E-state index in [2.05, 4.69) is 39.7 Å². The van der Waals surface area contributed by atoms with Crippen LogP contribution in [0, 0.1) is 0 Å². The van der Waals surface area contributed by atoms with Gasteiger partial charge in [0.25, 0.3) is 0 Å². The molecule has 6 nitrogen and oxygen atoms in total. The highest BCUT2D eigenvalue weighted by Crippen LogP contribution is 2.44.